The average Bonchev–Trinajstić information content (AvgIpc) is 2.66. The van der Waals surface area contributed by atoms with E-state index in [1.807, 2.05) is 16.8 Å². The third-order valence-corrected chi connectivity index (χ3v) is 4.58. The van der Waals surface area contributed by atoms with Gasteiger partial charge in [-0.2, -0.15) is 0 Å². The lowest BCUT2D eigenvalue weighted by Gasteiger charge is -2.23. The van der Waals surface area contributed by atoms with Crippen molar-refractivity contribution in [3.05, 3.63) is 0 Å². The zero-order valence-electron chi connectivity index (χ0n) is 18.4. The van der Waals surface area contributed by atoms with Crippen LogP contribution in [0.5, 0.6) is 0 Å². The second kappa shape index (κ2) is 15.1. The Morgan fingerprint density at radius 2 is 1.16 bits per heavy atom. The fourth-order valence-electron chi connectivity index (χ4n) is 2.86. The van der Waals surface area contributed by atoms with E-state index in [4.69, 9.17) is 0 Å². The summed E-state index contributed by atoms with van der Waals surface area (Å²) in [5.41, 5.74) is 0. The number of hydrogen-bond acceptors (Lipinski definition) is 7. The van der Waals surface area contributed by atoms with Gasteiger partial charge in [-0.1, -0.05) is 0 Å². The maximum absolute atomic E-state index is 12.0. The molecule has 0 bridgehead atoms. The van der Waals surface area contributed by atoms with Gasteiger partial charge in [-0.25, -0.2) is 0 Å². The average molecular weight is 442 g/mol. The molecule has 0 aromatic carbocycles. The first-order valence-electron chi connectivity index (χ1n) is 10.5. The molecule has 0 saturated carbocycles. The van der Waals surface area contributed by atoms with Gasteiger partial charge in [0.25, 0.3) is 0 Å². The molecule has 1 fully saturated rings. The van der Waals surface area contributed by atoms with Gasteiger partial charge in [0.1, 0.15) is 12.8 Å². The number of amides is 5. The van der Waals surface area contributed by atoms with E-state index in [0.29, 0.717) is 65.4 Å². The van der Waals surface area contributed by atoms with Crippen molar-refractivity contribution in [2.24, 2.45) is 0 Å². The Bertz CT molecular complexity index is 587. The number of carbonyl (C=O) groups excluding carboxylic acids is 5. The lowest BCUT2D eigenvalue weighted by molar-refractivity contribution is -0.130. The number of nitrogens with zero attached hydrogens (tertiary/aromatic N) is 2. The molecule has 1 aliphatic heterocycles. The molecule has 1 rings (SSSR count). The second-order valence-corrected chi connectivity index (χ2v) is 7.38. The van der Waals surface area contributed by atoms with Crippen molar-refractivity contribution in [2.45, 2.75) is 19.8 Å². The summed E-state index contributed by atoms with van der Waals surface area (Å²) in [5.74, 6) is -1.56. The molecule has 0 atom stereocenters. The van der Waals surface area contributed by atoms with Gasteiger partial charge in [0, 0.05) is 72.4 Å². The fraction of sp³-hybridized carbons (Fsp3) is 0.737. The largest absolute Gasteiger partial charge is 0.355 e. The Hall–Kier alpha value is -2.73. The summed E-state index contributed by atoms with van der Waals surface area (Å²) in [6.07, 6.45) is -0.497. The van der Waals surface area contributed by atoms with Gasteiger partial charge >= 0.3 is 0 Å². The van der Waals surface area contributed by atoms with Gasteiger partial charge in [-0.05, 0) is 7.05 Å². The summed E-state index contributed by atoms with van der Waals surface area (Å²) >= 11 is 0. The summed E-state index contributed by atoms with van der Waals surface area (Å²) in [6.45, 7) is 5.89. The van der Waals surface area contributed by atoms with Crippen molar-refractivity contribution in [3.8, 4) is 0 Å². The predicted octanol–water partition coefficient (Wildman–Crippen LogP) is -3.39. The Labute approximate surface area is 182 Å². The molecule has 0 unspecified atom stereocenters. The van der Waals surface area contributed by atoms with Crippen molar-refractivity contribution >= 4 is 29.5 Å². The highest BCUT2D eigenvalue weighted by Crippen LogP contribution is 1.89. The second-order valence-electron chi connectivity index (χ2n) is 7.38. The summed E-state index contributed by atoms with van der Waals surface area (Å²) in [6, 6.07) is 0. The van der Waals surface area contributed by atoms with Crippen molar-refractivity contribution < 1.29 is 24.0 Å². The van der Waals surface area contributed by atoms with Gasteiger partial charge in [-0.3, -0.25) is 28.9 Å². The summed E-state index contributed by atoms with van der Waals surface area (Å²) in [7, 11) is 1.85. The molecule has 1 saturated heterocycles. The van der Waals surface area contributed by atoms with Gasteiger partial charge in [0.2, 0.25) is 29.5 Å². The molecular weight excluding hydrogens is 406 g/mol. The summed E-state index contributed by atoms with van der Waals surface area (Å²) < 4.78 is 0. The van der Waals surface area contributed by atoms with Crippen LogP contribution in [0.4, 0.5) is 0 Å². The molecule has 31 heavy (non-hydrogen) atoms. The first-order chi connectivity index (χ1) is 14.8. The molecule has 1 heterocycles. The molecule has 0 radical (unpaired) electrons. The first kappa shape index (κ1) is 26.3. The standard InChI is InChI=1S/C19H35N7O5/c1-15(27)20-5-10-26-11-6-23-18(30)13-16(28)21-3-8-25(2)9-4-22-17(29)14-19(31)24-7-12-26/h3-14H2,1-2H3,(H,20,27)(H,21,28)(H,22,29)(H,23,30)(H,24,31). The molecule has 5 N–H and O–H groups in total. The molecule has 1 aliphatic rings. The number of hydrogen-bond donors (Lipinski definition) is 5. The van der Waals surface area contributed by atoms with Crippen LogP contribution in [0, 0.1) is 0 Å². The van der Waals surface area contributed by atoms with E-state index in [1.54, 1.807) is 0 Å². The van der Waals surface area contributed by atoms with Crippen LogP contribution in [0.1, 0.15) is 19.8 Å². The van der Waals surface area contributed by atoms with Gasteiger partial charge in [-0.15, -0.1) is 0 Å². The van der Waals surface area contributed by atoms with E-state index in [2.05, 4.69) is 26.6 Å². The monoisotopic (exact) mass is 441 g/mol. The van der Waals surface area contributed by atoms with E-state index in [9.17, 15) is 24.0 Å². The van der Waals surface area contributed by atoms with Gasteiger partial charge < -0.3 is 31.5 Å². The van der Waals surface area contributed by atoms with Crippen LogP contribution in [0.25, 0.3) is 0 Å². The lowest BCUT2D eigenvalue weighted by Crippen LogP contribution is -2.44. The SMILES string of the molecule is CC(=O)NCCN1CCNC(=O)CC(=O)NCCN(C)CCNC(=O)CC(=O)NCC1. The molecule has 12 nitrogen and oxygen atoms in total. The highest BCUT2D eigenvalue weighted by molar-refractivity contribution is 5.97. The Morgan fingerprint density at radius 3 is 1.55 bits per heavy atom. The normalized spacial score (nSPS) is 20.1. The van der Waals surface area contributed by atoms with Crippen LogP contribution < -0.4 is 26.6 Å². The fourth-order valence-corrected chi connectivity index (χ4v) is 2.86. The quantitative estimate of drug-likeness (QED) is 0.287. The van der Waals surface area contributed by atoms with Crippen molar-refractivity contribution in [2.75, 3.05) is 72.5 Å². The van der Waals surface area contributed by atoms with Crippen molar-refractivity contribution in [1.82, 2.24) is 36.4 Å². The molecule has 12 heteroatoms. The van der Waals surface area contributed by atoms with Crippen LogP contribution in [0.3, 0.4) is 0 Å². The number of nitrogens with one attached hydrogen (secondary N) is 5. The molecule has 5 amide bonds. The maximum atomic E-state index is 12.0. The molecule has 0 aliphatic carbocycles. The summed E-state index contributed by atoms with van der Waals surface area (Å²) in [5, 5.41) is 13.5. The summed E-state index contributed by atoms with van der Waals surface area (Å²) in [4.78, 5) is 62.6. The predicted molar refractivity (Wildman–Crippen MR) is 114 cm³/mol. The first-order valence-corrected chi connectivity index (χ1v) is 10.5. The van der Waals surface area contributed by atoms with Crippen molar-refractivity contribution in [3.63, 3.8) is 0 Å². The zero-order valence-corrected chi connectivity index (χ0v) is 18.4. The van der Waals surface area contributed by atoms with Crippen LogP contribution >= 0.6 is 0 Å². The number of rotatable bonds is 3. The van der Waals surface area contributed by atoms with Gasteiger partial charge in [0.15, 0.2) is 0 Å². The molecule has 176 valence electrons. The van der Waals surface area contributed by atoms with Crippen LogP contribution in [-0.2, 0) is 24.0 Å². The maximum Gasteiger partial charge on any atom is 0.229 e. The van der Waals surface area contributed by atoms with E-state index < -0.39 is 0 Å². The van der Waals surface area contributed by atoms with E-state index in [-0.39, 0.29) is 42.4 Å². The van der Waals surface area contributed by atoms with Crippen molar-refractivity contribution in [1.29, 1.82) is 0 Å². The molecule has 0 spiro atoms. The third kappa shape index (κ3) is 14.0. The molecule has 0 aromatic rings. The minimum absolute atomic E-state index is 0.141. The Balaban J connectivity index is 2.61. The zero-order chi connectivity index (χ0) is 23.1. The Morgan fingerprint density at radius 1 is 0.774 bits per heavy atom. The van der Waals surface area contributed by atoms with Crippen LogP contribution in [0.2, 0.25) is 0 Å². The van der Waals surface area contributed by atoms with Crippen LogP contribution in [-0.4, -0.2) is 112 Å². The number of likely N-dealkylation sites (N-methyl/N-ethyl adjacent to an activating group) is 1. The van der Waals surface area contributed by atoms with E-state index >= 15 is 0 Å². The smallest absolute Gasteiger partial charge is 0.229 e. The van der Waals surface area contributed by atoms with E-state index in [1.165, 1.54) is 6.92 Å². The topological polar surface area (TPSA) is 152 Å². The van der Waals surface area contributed by atoms with Crippen LogP contribution in [0.15, 0.2) is 0 Å². The number of carbonyl (C=O) groups is 5. The third-order valence-electron chi connectivity index (χ3n) is 4.58. The van der Waals surface area contributed by atoms with Gasteiger partial charge in [0.05, 0.1) is 0 Å². The lowest BCUT2D eigenvalue weighted by atomic mass is 10.3. The highest BCUT2D eigenvalue weighted by Gasteiger charge is 2.13. The minimum atomic E-state index is -0.363. The molecular formula is C19H35N7O5. The van der Waals surface area contributed by atoms with E-state index in [0.717, 1.165) is 0 Å². The highest BCUT2D eigenvalue weighted by atomic mass is 16.2. The Kier molecular flexibility index (Phi) is 12.8. The molecule has 0 aromatic heterocycles. The minimum Gasteiger partial charge on any atom is -0.355 e.